The summed E-state index contributed by atoms with van der Waals surface area (Å²) in [4.78, 5) is 0. The minimum Gasteiger partial charge on any atom is -0.507 e. The molecule has 11 aromatic rings. The molecular weight excluding hydrogens is 869 g/mol. The molecule has 72 heavy (non-hydrogen) atoms. The van der Waals surface area contributed by atoms with Gasteiger partial charge in [0.05, 0.1) is 0 Å². The summed E-state index contributed by atoms with van der Waals surface area (Å²) in [5.41, 5.74) is 37.0. The van der Waals surface area contributed by atoms with Gasteiger partial charge in [-0.15, -0.1) is 0 Å². The maximum atomic E-state index is 14.5. The molecule has 11 aromatic carbocycles. The average Bonchev–Trinajstić information content (AvgIpc) is 4.27. The molecular formula is C71H46O. The fraction of sp³-hybridized carbons (Fsp3) is 0.0704. The first-order valence-corrected chi connectivity index (χ1v) is 25.6. The first kappa shape index (κ1) is 40.0. The van der Waals surface area contributed by atoms with E-state index in [4.69, 9.17) is 0 Å². The van der Waals surface area contributed by atoms with Crippen molar-refractivity contribution in [3.8, 4) is 117 Å². The van der Waals surface area contributed by atoms with Crippen LogP contribution in [0.4, 0.5) is 0 Å². The molecule has 0 aromatic heterocycles. The quantitative estimate of drug-likeness (QED) is 0.182. The topological polar surface area (TPSA) is 20.2 Å². The smallest absolute Gasteiger partial charge is 0.132 e. The van der Waals surface area contributed by atoms with Gasteiger partial charge in [0.1, 0.15) is 5.75 Å². The van der Waals surface area contributed by atoms with Crippen LogP contribution in [0.2, 0.25) is 0 Å². The van der Waals surface area contributed by atoms with Crippen molar-refractivity contribution in [1.82, 2.24) is 0 Å². The van der Waals surface area contributed by atoms with Crippen LogP contribution in [-0.4, -0.2) is 5.11 Å². The van der Waals surface area contributed by atoms with Crippen LogP contribution in [0.15, 0.2) is 212 Å². The van der Waals surface area contributed by atoms with Gasteiger partial charge in [-0.1, -0.05) is 212 Å². The maximum Gasteiger partial charge on any atom is 0.132 e. The highest BCUT2D eigenvalue weighted by Gasteiger charge is 2.38. The van der Waals surface area contributed by atoms with Crippen LogP contribution in [0.1, 0.15) is 55.6 Å². The predicted molar refractivity (Wildman–Crippen MR) is 296 cm³/mol. The van der Waals surface area contributed by atoms with E-state index in [2.05, 4.69) is 212 Å². The standard InChI is InChI=1S/C71H46O/c72-71-69(59-34-14-29-54-49-24-9-4-19-44(49)39-64(54)59)67(57-32-12-27-52-47-22-7-2-17-42(47)37-62(52)57)66(56-31-11-26-51-46-21-6-1-16-41(46)36-61(51)56)68(58-33-13-28-53-48-23-8-3-18-43(48)38-63(53)58)70(71)60-35-15-30-55-50-25-10-5-20-45(50)40-65(55)60/h1-35,72H,36-40H2. The Kier molecular flexibility index (Phi) is 8.40. The Morgan fingerprint density at radius 1 is 0.181 bits per heavy atom. The van der Waals surface area contributed by atoms with E-state index in [-0.39, 0.29) is 0 Å². The van der Waals surface area contributed by atoms with Crippen LogP contribution in [0, 0.1) is 0 Å². The largest absolute Gasteiger partial charge is 0.507 e. The number of hydrogen-bond donors (Lipinski definition) is 1. The molecule has 5 aliphatic carbocycles. The van der Waals surface area contributed by atoms with Gasteiger partial charge in [0.25, 0.3) is 0 Å². The van der Waals surface area contributed by atoms with Crippen molar-refractivity contribution in [3.63, 3.8) is 0 Å². The Hall–Kier alpha value is -8.78. The molecule has 1 heteroatoms. The van der Waals surface area contributed by atoms with E-state index in [1.165, 1.54) is 134 Å². The number of phenolic OH excluding ortho intramolecular Hbond substituents is 1. The zero-order valence-electron chi connectivity index (χ0n) is 39.7. The molecule has 0 radical (unpaired) electrons. The van der Waals surface area contributed by atoms with Crippen molar-refractivity contribution in [2.45, 2.75) is 32.1 Å². The van der Waals surface area contributed by atoms with E-state index in [1.54, 1.807) is 0 Å². The van der Waals surface area contributed by atoms with Crippen molar-refractivity contribution in [3.05, 3.63) is 268 Å². The van der Waals surface area contributed by atoms with Gasteiger partial charge in [-0.25, -0.2) is 0 Å². The van der Waals surface area contributed by atoms with Crippen LogP contribution in [0.3, 0.4) is 0 Å². The third-order valence-electron chi connectivity index (χ3n) is 17.1. The molecule has 0 bridgehead atoms. The fourth-order valence-corrected chi connectivity index (χ4v) is 14.0. The van der Waals surface area contributed by atoms with Gasteiger partial charge in [0.2, 0.25) is 0 Å². The van der Waals surface area contributed by atoms with Crippen molar-refractivity contribution in [2.75, 3.05) is 0 Å². The summed E-state index contributed by atoms with van der Waals surface area (Å²) in [7, 11) is 0. The third kappa shape index (κ3) is 5.54. The fourth-order valence-electron chi connectivity index (χ4n) is 14.0. The number of phenols is 1. The molecule has 0 amide bonds. The molecule has 0 heterocycles. The second kappa shape index (κ2) is 15.1. The number of hydrogen-bond acceptors (Lipinski definition) is 1. The van der Waals surface area contributed by atoms with E-state index >= 15 is 0 Å². The lowest BCUT2D eigenvalue weighted by atomic mass is 9.73. The Morgan fingerprint density at radius 3 is 0.611 bits per heavy atom. The first-order valence-electron chi connectivity index (χ1n) is 25.6. The van der Waals surface area contributed by atoms with Gasteiger partial charge in [0, 0.05) is 22.3 Å². The summed E-state index contributed by atoms with van der Waals surface area (Å²) in [5, 5.41) is 14.5. The van der Waals surface area contributed by atoms with Gasteiger partial charge < -0.3 is 5.11 Å². The molecule has 1 N–H and O–H groups in total. The molecule has 0 unspecified atom stereocenters. The minimum atomic E-state index is 0.342. The number of benzene rings is 11. The SMILES string of the molecule is Oc1c(-c2cccc3c2Cc2ccccc2-3)c(-c2cccc3c2Cc2ccccc2-3)c(-c2cccc3c2Cc2ccccc2-3)c(-c2cccc3c2Cc2ccccc2-3)c1-c1cccc2c1Cc1ccccc1-2. The monoisotopic (exact) mass is 914 g/mol. The highest BCUT2D eigenvalue weighted by molar-refractivity contribution is 6.15. The summed E-state index contributed by atoms with van der Waals surface area (Å²) in [6, 6.07) is 79.3. The number of rotatable bonds is 5. The summed E-state index contributed by atoms with van der Waals surface area (Å²) in [6.07, 6.45) is 4.05. The lowest BCUT2D eigenvalue weighted by Crippen LogP contribution is -2.05. The summed E-state index contributed by atoms with van der Waals surface area (Å²) in [5.74, 6) is 0.342. The Morgan fingerprint density at radius 2 is 0.361 bits per heavy atom. The van der Waals surface area contributed by atoms with Crippen LogP contribution in [-0.2, 0) is 32.1 Å². The molecule has 0 spiro atoms. The Bertz CT molecular complexity index is 3980. The molecule has 0 aliphatic heterocycles. The summed E-state index contributed by atoms with van der Waals surface area (Å²) in [6.45, 7) is 0. The van der Waals surface area contributed by atoms with Crippen molar-refractivity contribution >= 4 is 0 Å². The molecule has 16 rings (SSSR count). The second-order valence-corrected chi connectivity index (χ2v) is 20.6. The zero-order chi connectivity index (χ0) is 47.2. The number of fused-ring (bicyclic) bond motifs is 15. The predicted octanol–water partition coefficient (Wildman–Crippen LogP) is 17.6. The third-order valence-corrected chi connectivity index (χ3v) is 17.1. The Labute approximate surface area is 420 Å². The van der Waals surface area contributed by atoms with Crippen molar-refractivity contribution in [2.24, 2.45) is 0 Å². The van der Waals surface area contributed by atoms with E-state index in [0.717, 1.165) is 65.5 Å². The maximum absolute atomic E-state index is 14.5. The van der Waals surface area contributed by atoms with Crippen LogP contribution >= 0.6 is 0 Å². The molecule has 0 saturated heterocycles. The van der Waals surface area contributed by atoms with Crippen LogP contribution < -0.4 is 0 Å². The zero-order valence-corrected chi connectivity index (χ0v) is 39.7. The normalized spacial score (nSPS) is 13.3. The molecule has 0 atom stereocenters. The summed E-state index contributed by atoms with van der Waals surface area (Å²) < 4.78 is 0. The molecule has 336 valence electrons. The Balaban J connectivity index is 1.13. The molecule has 0 fully saturated rings. The van der Waals surface area contributed by atoms with E-state index < -0.39 is 0 Å². The van der Waals surface area contributed by atoms with Gasteiger partial charge in [-0.3, -0.25) is 0 Å². The van der Waals surface area contributed by atoms with Crippen LogP contribution in [0.25, 0.3) is 111 Å². The average molecular weight is 915 g/mol. The van der Waals surface area contributed by atoms with Gasteiger partial charge >= 0.3 is 0 Å². The molecule has 0 saturated carbocycles. The van der Waals surface area contributed by atoms with E-state index in [0.29, 0.717) is 5.75 Å². The van der Waals surface area contributed by atoms with Crippen molar-refractivity contribution < 1.29 is 5.11 Å². The highest BCUT2D eigenvalue weighted by atomic mass is 16.3. The first-order chi connectivity index (χ1) is 35.7. The molecule has 1 nitrogen and oxygen atoms in total. The van der Waals surface area contributed by atoms with Gasteiger partial charge in [-0.05, 0) is 177 Å². The second-order valence-electron chi connectivity index (χ2n) is 20.6. The number of aromatic hydroxyl groups is 1. The lowest BCUT2D eigenvalue weighted by molar-refractivity contribution is 0.479. The van der Waals surface area contributed by atoms with Crippen LogP contribution in [0.5, 0.6) is 5.75 Å². The molecule has 5 aliphatic rings. The van der Waals surface area contributed by atoms with Crippen molar-refractivity contribution in [1.29, 1.82) is 0 Å². The van der Waals surface area contributed by atoms with E-state index in [1.807, 2.05) is 0 Å². The van der Waals surface area contributed by atoms with E-state index in [9.17, 15) is 5.11 Å². The lowest BCUT2D eigenvalue weighted by Gasteiger charge is -2.30. The van der Waals surface area contributed by atoms with Gasteiger partial charge in [0.15, 0.2) is 0 Å². The van der Waals surface area contributed by atoms with Gasteiger partial charge in [-0.2, -0.15) is 0 Å². The summed E-state index contributed by atoms with van der Waals surface area (Å²) >= 11 is 0. The highest BCUT2D eigenvalue weighted by Crippen LogP contribution is 2.62. The minimum absolute atomic E-state index is 0.342.